The summed E-state index contributed by atoms with van der Waals surface area (Å²) in [4.78, 5) is 17.4. The monoisotopic (exact) mass is 262 g/mol. The second-order valence-corrected chi connectivity index (χ2v) is 6.41. The molecule has 1 amide bonds. The summed E-state index contributed by atoms with van der Waals surface area (Å²) in [6, 6.07) is 1.11. The minimum atomic E-state index is 0.261. The highest BCUT2D eigenvalue weighted by Crippen LogP contribution is 2.31. The average molecular weight is 262 g/mol. The Morgan fingerprint density at radius 2 is 1.84 bits per heavy atom. The summed E-state index contributed by atoms with van der Waals surface area (Å²) in [6.07, 6.45) is 12.5. The smallest absolute Gasteiger partial charge is 0.226 e. The molecule has 3 heteroatoms. The maximum absolute atomic E-state index is 12.7. The van der Waals surface area contributed by atoms with Crippen molar-refractivity contribution in [1.29, 1.82) is 0 Å². The maximum atomic E-state index is 12.7. The summed E-state index contributed by atoms with van der Waals surface area (Å²) in [5.41, 5.74) is 0. The van der Waals surface area contributed by atoms with E-state index in [2.05, 4.69) is 29.0 Å². The van der Waals surface area contributed by atoms with E-state index in [0.29, 0.717) is 18.0 Å². The number of likely N-dealkylation sites (tertiary alicyclic amines) is 2. The SMILES string of the molecule is CN1CCC[C@@H]1[C@@H]1CCCN1C(=O)[C@@H]1CC=CCC1. The molecule has 0 bridgehead atoms. The molecule has 2 aliphatic heterocycles. The van der Waals surface area contributed by atoms with E-state index in [4.69, 9.17) is 0 Å². The molecule has 3 aliphatic rings. The van der Waals surface area contributed by atoms with Crippen LogP contribution in [0.3, 0.4) is 0 Å². The van der Waals surface area contributed by atoms with E-state index < -0.39 is 0 Å². The van der Waals surface area contributed by atoms with E-state index in [1.165, 1.54) is 32.2 Å². The van der Waals surface area contributed by atoms with E-state index in [0.717, 1.165) is 25.8 Å². The third kappa shape index (κ3) is 2.58. The number of hydrogen-bond acceptors (Lipinski definition) is 2. The zero-order chi connectivity index (χ0) is 13.2. The predicted octanol–water partition coefficient (Wildman–Crippen LogP) is 2.43. The van der Waals surface area contributed by atoms with Gasteiger partial charge in [0, 0.05) is 24.5 Å². The lowest BCUT2D eigenvalue weighted by Crippen LogP contribution is -2.49. The van der Waals surface area contributed by atoms with Crippen molar-refractivity contribution in [3.05, 3.63) is 12.2 Å². The summed E-state index contributed by atoms with van der Waals surface area (Å²) in [5.74, 6) is 0.699. The van der Waals surface area contributed by atoms with Gasteiger partial charge in [-0.2, -0.15) is 0 Å². The van der Waals surface area contributed by atoms with Gasteiger partial charge in [0.05, 0.1) is 0 Å². The van der Waals surface area contributed by atoms with Crippen molar-refractivity contribution >= 4 is 5.91 Å². The summed E-state index contributed by atoms with van der Waals surface area (Å²) < 4.78 is 0. The molecule has 0 unspecified atom stereocenters. The van der Waals surface area contributed by atoms with Crippen molar-refractivity contribution < 1.29 is 4.79 Å². The van der Waals surface area contributed by atoms with Gasteiger partial charge in [-0.25, -0.2) is 0 Å². The molecule has 2 saturated heterocycles. The maximum Gasteiger partial charge on any atom is 0.226 e. The minimum absolute atomic E-state index is 0.261. The van der Waals surface area contributed by atoms with Crippen LogP contribution in [0.1, 0.15) is 44.9 Å². The Kier molecular flexibility index (Phi) is 3.92. The molecular formula is C16H26N2O. The van der Waals surface area contributed by atoms with Crippen LogP contribution < -0.4 is 0 Å². The average Bonchev–Trinajstić information content (AvgIpc) is 3.07. The predicted molar refractivity (Wildman–Crippen MR) is 76.9 cm³/mol. The number of amides is 1. The number of carbonyl (C=O) groups excluding carboxylic acids is 1. The molecule has 0 N–H and O–H groups in total. The van der Waals surface area contributed by atoms with Crippen LogP contribution in [0.5, 0.6) is 0 Å². The number of carbonyl (C=O) groups is 1. The van der Waals surface area contributed by atoms with Gasteiger partial charge in [-0.15, -0.1) is 0 Å². The summed E-state index contributed by atoms with van der Waals surface area (Å²) in [7, 11) is 2.22. The van der Waals surface area contributed by atoms with E-state index in [1.54, 1.807) is 0 Å². The number of nitrogens with zero attached hydrogens (tertiary/aromatic N) is 2. The van der Waals surface area contributed by atoms with Gasteiger partial charge in [0.25, 0.3) is 0 Å². The number of allylic oxidation sites excluding steroid dienone is 2. The number of hydrogen-bond donors (Lipinski definition) is 0. The van der Waals surface area contributed by atoms with Gasteiger partial charge in [0.15, 0.2) is 0 Å². The van der Waals surface area contributed by atoms with E-state index in [-0.39, 0.29) is 5.92 Å². The Morgan fingerprint density at radius 1 is 1.05 bits per heavy atom. The van der Waals surface area contributed by atoms with Gasteiger partial charge >= 0.3 is 0 Å². The first-order chi connectivity index (χ1) is 9.27. The summed E-state index contributed by atoms with van der Waals surface area (Å²) in [5, 5.41) is 0. The van der Waals surface area contributed by atoms with Crippen LogP contribution in [0.25, 0.3) is 0 Å². The standard InChI is InChI=1S/C16H26N2O/c1-17-11-5-9-14(17)15-10-6-12-18(15)16(19)13-7-3-2-4-8-13/h2-3,13-15H,4-12H2,1H3/t13-,14-,15+/m1/s1. The quantitative estimate of drug-likeness (QED) is 0.714. The molecule has 19 heavy (non-hydrogen) atoms. The van der Waals surface area contributed by atoms with Gasteiger partial charge in [0.1, 0.15) is 0 Å². The molecule has 3 nitrogen and oxygen atoms in total. The summed E-state index contributed by atoms with van der Waals surface area (Å²) >= 11 is 0. The zero-order valence-electron chi connectivity index (χ0n) is 12.1. The van der Waals surface area contributed by atoms with Crippen LogP contribution in [0.4, 0.5) is 0 Å². The van der Waals surface area contributed by atoms with Crippen molar-refractivity contribution in [2.45, 2.75) is 57.0 Å². The normalized spacial score (nSPS) is 36.1. The fraction of sp³-hybridized carbons (Fsp3) is 0.812. The second kappa shape index (κ2) is 5.66. The molecule has 0 aromatic rings. The second-order valence-electron chi connectivity index (χ2n) is 6.41. The van der Waals surface area contributed by atoms with Gasteiger partial charge in [-0.3, -0.25) is 4.79 Å². The highest BCUT2D eigenvalue weighted by molar-refractivity contribution is 5.80. The third-order valence-corrected chi connectivity index (χ3v) is 5.22. The molecule has 0 saturated carbocycles. The van der Waals surface area contributed by atoms with Crippen molar-refractivity contribution in [3.8, 4) is 0 Å². The molecule has 0 radical (unpaired) electrons. The van der Waals surface area contributed by atoms with E-state index >= 15 is 0 Å². The van der Waals surface area contributed by atoms with Crippen LogP contribution >= 0.6 is 0 Å². The van der Waals surface area contributed by atoms with Gasteiger partial charge < -0.3 is 9.80 Å². The minimum Gasteiger partial charge on any atom is -0.338 e. The first-order valence-corrected chi connectivity index (χ1v) is 7.93. The molecule has 3 atom stereocenters. The Balaban J connectivity index is 1.68. The molecule has 106 valence electrons. The van der Waals surface area contributed by atoms with Crippen LogP contribution in [0, 0.1) is 5.92 Å². The van der Waals surface area contributed by atoms with Crippen LogP contribution in [0.2, 0.25) is 0 Å². The molecule has 1 aliphatic carbocycles. The zero-order valence-corrected chi connectivity index (χ0v) is 12.1. The lowest BCUT2D eigenvalue weighted by atomic mass is 9.92. The molecule has 2 heterocycles. The van der Waals surface area contributed by atoms with Gasteiger partial charge in [-0.1, -0.05) is 12.2 Å². The first kappa shape index (κ1) is 13.2. The van der Waals surface area contributed by atoms with Crippen LogP contribution in [0.15, 0.2) is 12.2 Å². The first-order valence-electron chi connectivity index (χ1n) is 7.93. The van der Waals surface area contributed by atoms with Crippen molar-refractivity contribution in [1.82, 2.24) is 9.80 Å². The Hall–Kier alpha value is -0.830. The van der Waals surface area contributed by atoms with Gasteiger partial charge in [-0.05, 0) is 58.5 Å². The Morgan fingerprint density at radius 3 is 2.53 bits per heavy atom. The fourth-order valence-electron chi connectivity index (χ4n) is 4.14. The molecule has 0 aromatic heterocycles. The largest absolute Gasteiger partial charge is 0.338 e. The van der Waals surface area contributed by atoms with E-state index in [1.807, 2.05) is 0 Å². The topological polar surface area (TPSA) is 23.6 Å². The molecule has 2 fully saturated rings. The van der Waals surface area contributed by atoms with Crippen molar-refractivity contribution in [2.24, 2.45) is 5.92 Å². The molecule has 3 rings (SSSR count). The van der Waals surface area contributed by atoms with Gasteiger partial charge in [0.2, 0.25) is 5.91 Å². The Labute approximate surface area is 116 Å². The van der Waals surface area contributed by atoms with Crippen molar-refractivity contribution in [2.75, 3.05) is 20.1 Å². The van der Waals surface area contributed by atoms with Crippen LogP contribution in [-0.4, -0.2) is 47.9 Å². The number of likely N-dealkylation sites (N-methyl/N-ethyl adjacent to an activating group) is 1. The van der Waals surface area contributed by atoms with E-state index in [9.17, 15) is 4.79 Å². The van der Waals surface area contributed by atoms with Crippen LogP contribution in [-0.2, 0) is 4.79 Å². The fourth-order valence-corrected chi connectivity index (χ4v) is 4.14. The van der Waals surface area contributed by atoms with Crippen molar-refractivity contribution in [3.63, 3.8) is 0 Å². The highest BCUT2D eigenvalue weighted by atomic mass is 16.2. The Bertz CT molecular complexity index is 366. The number of rotatable bonds is 2. The molecule has 0 aromatic carbocycles. The highest BCUT2D eigenvalue weighted by Gasteiger charge is 2.39. The summed E-state index contributed by atoms with van der Waals surface area (Å²) in [6.45, 7) is 2.20. The lowest BCUT2D eigenvalue weighted by molar-refractivity contribution is -0.137. The third-order valence-electron chi connectivity index (χ3n) is 5.22. The molecule has 0 spiro atoms. The lowest BCUT2D eigenvalue weighted by Gasteiger charge is -2.35. The molecular weight excluding hydrogens is 236 g/mol.